The minimum atomic E-state index is -4.81. The second-order valence-electron chi connectivity index (χ2n) is 9.20. The summed E-state index contributed by atoms with van der Waals surface area (Å²) in [5, 5.41) is 9.16. The quantitative estimate of drug-likeness (QED) is 0.288. The van der Waals surface area contributed by atoms with Crippen LogP contribution in [0.3, 0.4) is 0 Å². The van der Waals surface area contributed by atoms with E-state index < -0.39 is 30.7 Å². The molecule has 5 nitrogen and oxygen atoms in total. The smallest absolute Gasteiger partial charge is 0.320 e. The van der Waals surface area contributed by atoms with Crippen molar-refractivity contribution in [2.45, 2.75) is 38.5 Å². The molecule has 192 valence electrons. The number of halogens is 3. The first kappa shape index (κ1) is 27.6. The highest BCUT2D eigenvalue weighted by Crippen LogP contribution is 2.39. The third-order valence-corrected chi connectivity index (χ3v) is 5.93. The second-order valence-corrected chi connectivity index (χ2v) is 9.20. The van der Waals surface area contributed by atoms with Crippen molar-refractivity contribution in [1.29, 1.82) is 5.26 Å². The number of alkyl halides is 3. The Labute approximate surface area is 214 Å². The van der Waals surface area contributed by atoms with E-state index in [1.54, 1.807) is 54.6 Å². The Morgan fingerprint density at radius 3 is 1.89 bits per heavy atom. The Morgan fingerprint density at radius 1 is 0.892 bits per heavy atom. The Morgan fingerprint density at radius 2 is 1.41 bits per heavy atom. The van der Waals surface area contributed by atoms with Crippen LogP contribution >= 0.6 is 0 Å². The largest absolute Gasteiger partial charge is 0.413 e. The molecule has 0 aromatic heterocycles. The zero-order chi connectivity index (χ0) is 27.2. The summed E-state index contributed by atoms with van der Waals surface area (Å²) < 4.78 is 42.5. The van der Waals surface area contributed by atoms with Crippen molar-refractivity contribution in [2.24, 2.45) is 11.7 Å². The number of hydrogen-bond donors (Lipinski definition) is 1. The van der Waals surface area contributed by atoms with Crippen LogP contribution in [0.25, 0.3) is 11.1 Å². The SMILES string of the molecule is CC(C)C[C@H](N)C(=O)N(CC#N)[C@@H](c1ccc(-c2ccc(C(=O)c3ccccc3)cc2)cc1)C(F)(F)F. The van der Waals surface area contributed by atoms with Gasteiger partial charge in [-0.05, 0) is 29.0 Å². The van der Waals surface area contributed by atoms with E-state index in [0.717, 1.165) is 0 Å². The fourth-order valence-corrected chi connectivity index (χ4v) is 4.17. The molecule has 2 N–H and O–H groups in total. The monoisotopic (exact) mass is 507 g/mol. The number of benzene rings is 3. The molecule has 0 aliphatic heterocycles. The van der Waals surface area contributed by atoms with Crippen molar-refractivity contribution in [1.82, 2.24) is 4.90 Å². The number of nitrogens with two attached hydrogens (primary N) is 1. The Bertz CT molecular complexity index is 1250. The maximum atomic E-state index is 14.2. The summed E-state index contributed by atoms with van der Waals surface area (Å²) in [6.45, 7) is 2.88. The van der Waals surface area contributed by atoms with Gasteiger partial charge in [0.05, 0.1) is 12.1 Å². The molecule has 3 aromatic carbocycles. The van der Waals surface area contributed by atoms with Gasteiger partial charge in [0, 0.05) is 11.1 Å². The lowest BCUT2D eigenvalue weighted by molar-refractivity contribution is -0.191. The first-order valence-corrected chi connectivity index (χ1v) is 11.8. The van der Waals surface area contributed by atoms with Gasteiger partial charge in [0.25, 0.3) is 0 Å². The predicted molar refractivity (Wildman–Crippen MR) is 135 cm³/mol. The molecular formula is C29H28F3N3O2. The summed E-state index contributed by atoms with van der Waals surface area (Å²) in [6.07, 6.45) is -4.61. The minimum absolute atomic E-state index is 0.000816. The number of amides is 1. The van der Waals surface area contributed by atoms with E-state index in [9.17, 15) is 22.8 Å². The van der Waals surface area contributed by atoms with E-state index in [1.165, 1.54) is 24.3 Å². The van der Waals surface area contributed by atoms with Crippen molar-refractivity contribution in [3.05, 3.63) is 95.6 Å². The average Bonchev–Trinajstić information content (AvgIpc) is 2.87. The van der Waals surface area contributed by atoms with Crippen LogP contribution in [0.2, 0.25) is 0 Å². The number of nitriles is 1. The van der Waals surface area contributed by atoms with Gasteiger partial charge in [-0.2, -0.15) is 18.4 Å². The van der Waals surface area contributed by atoms with Gasteiger partial charge in [0.2, 0.25) is 5.91 Å². The Balaban J connectivity index is 1.87. The lowest BCUT2D eigenvalue weighted by Gasteiger charge is -2.33. The standard InChI is InChI=1S/C29H28F3N3O2/c1-19(2)18-25(34)28(37)35(17-16-33)27(29(30,31)32)24-14-10-21(11-15-24)20-8-12-23(13-9-20)26(36)22-6-4-3-5-7-22/h3-15,19,25,27H,17-18,34H2,1-2H3/t25-,27-/m0/s1. The minimum Gasteiger partial charge on any atom is -0.320 e. The van der Waals surface area contributed by atoms with E-state index in [2.05, 4.69) is 0 Å². The number of rotatable bonds is 9. The normalized spacial score (nSPS) is 13.0. The van der Waals surface area contributed by atoms with Crippen molar-refractivity contribution < 1.29 is 22.8 Å². The maximum absolute atomic E-state index is 14.2. The van der Waals surface area contributed by atoms with Gasteiger partial charge in [-0.25, -0.2) is 0 Å². The molecule has 0 aliphatic rings. The Kier molecular flexibility index (Phi) is 8.85. The van der Waals surface area contributed by atoms with Crippen LogP contribution in [0.15, 0.2) is 78.9 Å². The molecule has 37 heavy (non-hydrogen) atoms. The van der Waals surface area contributed by atoms with E-state index in [-0.39, 0.29) is 23.7 Å². The van der Waals surface area contributed by atoms with Crippen LogP contribution in [0.4, 0.5) is 13.2 Å². The van der Waals surface area contributed by atoms with Crippen LogP contribution in [0.1, 0.15) is 47.8 Å². The van der Waals surface area contributed by atoms with Crippen LogP contribution in [0.5, 0.6) is 0 Å². The van der Waals surface area contributed by atoms with Gasteiger partial charge in [-0.3, -0.25) is 9.59 Å². The molecule has 8 heteroatoms. The van der Waals surface area contributed by atoms with Gasteiger partial charge in [-0.15, -0.1) is 0 Å². The average molecular weight is 508 g/mol. The van der Waals surface area contributed by atoms with Crippen LogP contribution in [-0.4, -0.2) is 35.4 Å². The molecule has 3 rings (SSSR count). The number of carbonyl (C=O) groups is 2. The van der Waals surface area contributed by atoms with Gasteiger partial charge in [0.1, 0.15) is 6.54 Å². The van der Waals surface area contributed by atoms with Crippen molar-refractivity contribution in [3.63, 3.8) is 0 Å². The van der Waals surface area contributed by atoms with Gasteiger partial charge >= 0.3 is 6.18 Å². The molecule has 0 heterocycles. The molecule has 2 atom stereocenters. The van der Waals surface area contributed by atoms with Crippen LogP contribution in [-0.2, 0) is 4.79 Å². The van der Waals surface area contributed by atoms with Crippen molar-refractivity contribution in [2.75, 3.05) is 6.54 Å². The van der Waals surface area contributed by atoms with E-state index in [0.29, 0.717) is 27.2 Å². The molecule has 0 aliphatic carbocycles. The first-order chi connectivity index (χ1) is 17.5. The fraction of sp³-hybridized carbons (Fsp3) is 0.276. The van der Waals surface area contributed by atoms with Crippen molar-refractivity contribution in [3.8, 4) is 17.2 Å². The van der Waals surface area contributed by atoms with Gasteiger partial charge in [-0.1, -0.05) is 92.7 Å². The third kappa shape index (κ3) is 6.83. The molecule has 0 saturated carbocycles. The van der Waals surface area contributed by atoms with Crippen molar-refractivity contribution >= 4 is 11.7 Å². The highest BCUT2D eigenvalue weighted by Gasteiger charge is 2.47. The lowest BCUT2D eigenvalue weighted by Crippen LogP contribution is -2.49. The van der Waals surface area contributed by atoms with Gasteiger partial charge < -0.3 is 10.6 Å². The zero-order valence-electron chi connectivity index (χ0n) is 20.6. The van der Waals surface area contributed by atoms with E-state index in [4.69, 9.17) is 11.0 Å². The molecule has 0 fully saturated rings. The van der Waals surface area contributed by atoms with Crippen LogP contribution in [0, 0.1) is 17.2 Å². The molecule has 1 amide bonds. The Hall–Kier alpha value is -3.96. The summed E-state index contributed by atoms with van der Waals surface area (Å²) >= 11 is 0. The molecule has 0 bridgehead atoms. The summed E-state index contributed by atoms with van der Waals surface area (Å²) in [5.41, 5.74) is 8.11. The second kappa shape index (κ2) is 11.8. The highest BCUT2D eigenvalue weighted by molar-refractivity contribution is 6.09. The molecule has 0 radical (unpaired) electrons. The topological polar surface area (TPSA) is 87.2 Å². The lowest BCUT2D eigenvalue weighted by atomic mass is 9.96. The zero-order valence-corrected chi connectivity index (χ0v) is 20.6. The molecule has 0 saturated heterocycles. The highest BCUT2D eigenvalue weighted by atomic mass is 19.4. The summed E-state index contributed by atoms with van der Waals surface area (Å²) in [5.74, 6) is -1.05. The summed E-state index contributed by atoms with van der Waals surface area (Å²) in [6, 6.07) is 19.5. The number of hydrogen-bond acceptors (Lipinski definition) is 4. The number of nitrogens with zero attached hydrogens (tertiary/aromatic N) is 2. The molecule has 0 spiro atoms. The van der Waals surface area contributed by atoms with E-state index in [1.807, 2.05) is 19.9 Å². The van der Waals surface area contributed by atoms with E-state index >= 15 is 0 Å². The predicted octanol–water partition coefficient (Wildman–Crippen LogP) is 5.91. The molecule has 0 unspecified atom stereocenters. The number of ketones is 1. The number of carbonyl (C=O) groups excluding carboxylic acids is 2. The first-order valence-electron chi connectivity index (χ1n) is 11.8. The van der Waals surface area contributed by atoms with Crippen LogP contribution < -0.4 is 5.73 Å². The fourth-order valence-electron chi connectivity index (χ4n) is 4.17. The summed E-state index contributed by atoms with van der Waals surface area (Å²) in [4.78, 5) is 26.0. The van der Waals surface area contributed by atoms with Gasteiger partial charge in [0.15, 0.2) is 11.8 Å². The molecule has 3 aromatic rings. The third-order valence-electron chi connectivity index (χ3n) is 5.93. The molecular weight excluding hydrogens is 479 g/mol. The maximum Gasteiger partial charge on any atom is 0.413 e. The summed E-state index contributed by atoms with van der Waals surface area (Å²) in [7, 11) is 0.